The molecule has 1 aliphatic heterocycles. The molecule has 0 radical (unpaired) electrons. The number of nitrogen functional groups attached to an aromatic ring is 1. The first-order chi connectivity index (χ1) is 11.5. The summed E-state index contributed by atoms with van der Waals surface area (Å²) in [6, 6.07) is 4.27. The molecule has 2 N–H and O–H groups in total. The Morgan fingerprint density at radius 1 is 1.25 bits per heavy atom. The highest BCUT2D eigenvalue weighted by Crippen LogP contribution is 2.28. The Morgan fingerprint density at radius 2 is 1.96 bits per heavy atom. The molecule has 7 nitrogen and oxygen atoms in total. The third-order valence-corrected chi connectivity index (χ3v) is 3.83. The Bertz CT molecular complexity index is 644. The van der Waals surface area contributed by atoms with Crippen molar-refractivity contribution in [3.63, 3.8) is 0 Å². The zero-order valence-electron chi connectivity index (χ0n) is 13.9. The largest absolute Gasteiger partial charge is 0.466 e. The number of anilines is 1. The highest BCUT2D eigenvalue weighted by molar-refractivity contribution is 6.01. The van der Waals surface area contributed by atoms with Crippen LogP contribution in [-0.4, -0.2) is 42.0 Å². The van der Waals surface area contributed by atoms with Crippen molar-refractivity contribution in [1.29, 1.82) is 0 Å². The van der Waals surface area contributed by atoms with Gasteiger partial charge < -0.3 is 20.1 Å². The molecule has 0 aliphatic carbocycles. The van der Waals surface area contributed by atoms with E-state index >= 15 is 0 Å². The van der Waals surface area contributed by atoms with Gasteiger partial charge in [-0.3, -0.25) is 9.59 Å². The molecule has 1 aromatic rings. The van der Waals surface area contributed by atoms with Gasteiger partial charge in [-0.2, -0.15) is 0 Å². The van der Waals surface area contributed by atoms with Crippen LogP contribution >= 0.6 is 0 Å². The molecule has 0 bridgehead atoms. The molecule has 2 rings (SSSR count). The van der Waals surface area contributed by atoms with Crippen LogP contribution < -0.4 is 5.73 Å². The summed E-state index contributed by atoms with van der Waals surface area (Å²) >= 11 is 0. The van der Waals surface area contributed by atoms with Crippen molar-refractivity contribution < 1.29 is 23.9 Å². The smallest absolute Gasteiger partial charge is 0.328 e. The van der Waals surface area contributed by atoms with Crippen molar-refractivity contribution in [2.45, 2.75) is 39.3 Å². The van der Waals surface area contributed by atoms with E-state index in [0.717, 1.165) is 5.56 Å². The van der Waals surface area contributed by atoms with Gasteiger partial charge in [-0.1, -0.05) is 6.07 Å². The van der Waals surface area contributed by atoms with Crippen molar-refractivity contribution in [1.82, 2.24) is 4.90 Å². The molecule has 0 spiro atoms. The van der Waals surface area contributed by atoms with Gasteiger partial charge >= 0.3 is 11.9 Å². The second kappa shape index (κ2) is 7.81. The number of nitrogens with zero attached hydrogens (tertiary/aromatic N) is 1. The predicted octanol–water partition coefficient (Wildman–Crippen LogP) is 1.50. The normalized spacial score (nSPS) is 14.2. The molecule has 130 valence electrons. The number of hydrogen-bond acceptors (Lipinski definition) is 6. The minimum Gasteiger partial charge on any atom is -0.466 e. The maximum atomic E-state index is 12.6. The van der Waals surface area contributed by atoms with E-state index in [-0.39, 0.29) is 32.0 Å². The van der Waals surface area contributed by atoms with Crippen molar-refractivity contribution in [2.75, 3.05) is 18.9 Å². The van der Waals surface area contributed by atoms with Crippen LogP contribution in [-0.2, 0) is 25.6 Å². The summed E-state index contributed by atoms with van der Waals surface area (Å²) in [6.07, 6.45) is 0.201. The fourth-order valence-electron chi connectivity index (χ4n) is 2.72. The number of esters is 2. The third-order valence-electron chi connectivity index (χ3n) is 3.83. The van der Waals surface area contributed by atoms with E-state index in [2.05, 4.69) is 0 Å². The molecular weight excluding hydrogens is 312 g/mol. The number of carbonyl (C=O) groups is 3. The van der Waals surface area contributed by atoms with Crippen LogP contribution in [0.25, 0.3) is 0 Å². The number of carbonyl (C=O) groups excluding carboxylic acids is 3. The number of amides is 1. The fraction of sp³-hybridized carbons (Fsp3) is 0.471. The Kier molecular flexibility index (Phi) is 5.78. The minimum absolute atomic E-state index is 0.0413. The van der Waals surface area contributed by atoms with Crippen LogP contribution in [0.2, 0.25) is 0 Å². The summed E-state index contributed by atoms with van der Waals surface area (Å²) in [5.74, 6) is -1.20. The maximum Gasteiger partial charge on any atom is 0.328 e. The Hall–Kier alpha value is -2.57. The van der Waals surface area contributed by atoms with E-state index in [9.17, 15) is 14.4 Å². The summed E-state index contributed by atoms with van der Waals surface area (Å²) in [4.78, 5) is 37.9. The first kappa shape index (κ1) is 17.8. The summed E-state index contributed by atoms with van der Waals surface area (Å²) in [6.45, 7) is 4.18. The lowest BCUT2D eigenvalue weighted by molar-refractivity contribution is -0.150. The highest BCUT2D eigenvalue weighted by Gasteiger charge is 2.37. The SMILES string of the molecule is CCOC(=O)CC[C@@H](C(=O)OCC)N1Cc2ccc(N)cc2C1=O. The predicted molar refractivity (Wildman–Crippen MR) is 87.0 cm³/mol. The standard InChI is InChI=1S/C17H22N2O5/c1-3-23-15(20)8-7-14(17(22)24-4-2)19-10-11-5-6-12(18)9-13(11)16(19)21/h5-6,9,14H,3-4,7-8,10,18H2,1-2H3/t14-/m0/s1. The van der Waals surface area contributed by atoms with Gasteiger partial charge in [0.2, 0.25) is 0 Å². The van der Waals surface area contributed by atoms with Crippen LogP contribution in [0.15, 0.2) is 18.2 Å². The molecule has 0 fully saturated rings. The molecule has 24 heavy (non-hydrogen) atoms. The number of hydrogen-bond donors (Lipinski definition) is 1. The van der Waals surface area contributed by atoms with Gasteiger partial charge in [-0.05, 0) is 38.0 Å². The molecule has 1 heterocycles. The zero-order valence-corrected chi connectivity index (χ0v) is 13.9. The Balaban J connectivity index is 2.17. The molecule has 1 amide bonds. The van der Waals surface area contributed by atoms with E-state index in [0.29, 0.717) is 17.8 Å². The molecule has 0 saturated heterocycles. The lowest BCUT2D eigenvalue weighted by Gasteiger charge is -2.25. The summed E-state index contributed by atoms with van der Waals surface area (Å²) < 4.78 is 9.96. The Labute approximate surface area is 140 Å². The van der Waals surface area contributed by atoms with E-state index in [1.807, 2.05) is 0 Å². The van der Waals surface area contributed by atoms with Crippen molar-refractivity contribution in [2.24, 2.45) is 0 Å². The highest BCUT2D eigenvalue weighted by atomic mass is 16.5. The first-order valence-corrected chi connectivity index (χ1v) is 7.99. The number of fused-ring (bicyclic) bond motifs is 1. The summed E-state index contributed by atoms with van der Waals surface area (Å²) in [5, 5.41) is 0. The molecule has 0 unspecified atom stereocenters. The monoisotopic (exact) mass is 334 g/mol. The number of benzene rings is 1. The van der Waals surface area contributed by atoms with Crippen molar-refractivity contribution >= 4 is 23.5 Å². The molecule has 1 aliphatic rings. The number of ether oxygens (including phenoxy) is 2. The van der Waals surface area contributed by atoms with Crippen LogP contribution in [0.3, 0.4) is 0 Å². The molecule has 1 aromatic carbocycles. The zero-order chi connectivity index (χ0) is 17.7. The van der Waals surface area contributed by atoms with Gasteiger partial charge in [-0.25, -0.2) is 4.79 Å². The van der Waals surface area contributed by atoms with Crippen LogP contribution in [0.4, 0.5) is 5.69 Å². The van der Waals surface area contributed by atoms with Gasteiger partial charge in [-0.15, -0.1) is 0 Å². The molecular formula is C17H22N2O5. The second-order valence-electron chi connectivity index (χ2n) is 5.46. The molecule has 1 atom stereocenters. The van der Waals surface area contributed by atoms with Crippen molar-refractivity contribution in [3.05, 3.63) is 29.3 Å². The number of nitrogens with two attached hydrogens (primary N) is 1. The molecule has 7 heteroatoms. The minimum atomic E-state index is -0.824. The average molecular weight is 334 g/mol. The Morgan fingerprint density at radius 3 is 2.62 bits per heavy atom. The van der Waals surface area contributed by atoms with E-state index in [1.165, 1.54) is 4.90 Å². The van der Waals surface area contributed by atoms with E-state index in [1.54, 1.807) is 32.0 Å². The number of rotatable bonds is 7. The lowest BCUT2D eigenvalue weighted by Crippen LogP contribution is -2.42. The van der Waals surface area contributed by atoms with Crippen LogP contribution in [0, 0.1) is 0 Å². The van der Waals surface area contributed by atoms with Crippen LogP contribution in [0.5, 0.6) is 0 Å². The van der Waals surface area contributed by atoms with E-state index in [4.69, 9.17) is 15.2 Å². The van der Waals surface area contributed by atoms with Crippen molar-refractivity contribution in [3.8, 4) is 0 Å². The summed E-state index contributed by atoms with van der Waals surface area (Å²) in [5.41, 5.74) is 7.51. The average Bonchev–Trinajstić information content (AvgIpc) is 2.85. The lowest BCUT2D eigenvalue weighted by atomic mass is 10.1. The fourth-order valence-corrected chi connectivity index (χ4v) is 2.72. The van der Waals surface area contributed by atoms with Gasteiger partial charge in [0, 0.05) is 24.2 Å². The topological polar surface area (TPSA) is 98.9 Å². The van der Waals surface area contributed by atoms with Crippen LogP contribution in [0.1, 0.15) is 42.6 Å². The maximum absolute atomic E-state index is 12.6. The van der Waals surface area contributed by atoms with Gasteiger partial charge in [0.05, 0.1) is 13.2 Å². The second-order valence-corrected chi connectivity index (χ2v) is 5.46. The van der Waals surface area contributed by atoms with Gasteiger partial charge in [0.15, 0.2) is 0 Å². The van der Waals surface area contributed by atoms with Gasteiger partial charge in [0.25, 0.3) is 5.91 Å². The quantitative estimate of drug-likeness (QED) is 0.599. The molecule has 0 aromatic heterocycles. The third kappa shape index (κ3) is 3.84. The molecule has 0 saturated carbocycles. The first-order valence-electron chi connectivity index (χ1n) is 7.99. The van der Waals surface area contributed by atoms with E-state index < -0.39 is 18.0 Å². The van der Waals surface area contributed by atoms with Gasteiger partial charge in [0.1, 0.15) is 6.04 Å². The summed E-state index contributed by atoms with van der Waals surface area (Å²) in [7, 11) is 0.